The maximum absolute atomic E-state index is 5.72. The second-order valence-electron chi connectivity index (χ2n) is 5.25. The van der Waals surface area contributed by atoms with Gasteiger partial charge in [-0.1, -0.05) is 41.0 Å². The van der Waals surface area contributed by atoms with E-state index in [0.717, 1.165) is 0 Å². The van der Waals surface area contributed by atoms with Gasteiger partial charge in [0.2, 0.25) is 0 Å². The van der Waals surface area contributed by atoms with Crippen LogP contribution < -0.4 is 0 Å². The summed E-state index contributed by atoms with van der Waals surface area (Å²) in [4.78, 5) is 0. The highest BCUT2D eigenvalue weighted by Gasteiger charge is 2.41. The molecule has 0 aliphatic rings. The van der Waals surface area contributed by atoms with Crippen molar-refractivity contribution in [2.75, 3.05) is 7.11 Å². The molecule has 0 radical (unpaired) electrons. The van der Waals surface area contributed by atoms with E-state index in [9.17, 15) is 0 Å². The molecule has 0 N–H and O–H groups in total. The van der Waals surface area contributed by atoms with Crippen LogP contribution in [0.5, 0.6) is 0 Å². The van der Waals surface area contributed by atoms with E-state index in [1.165, 1.54) is 12.8 Å². The molecule has 0 aromatic rings. The minimum Gasteiger partial charge on any atom is -0.378 e. The van der Waals surface area contributed by atoms with Crippen molar-refractivity contribution in [2.45, 2.75) is 60.0 Å². The van der Waals surface area contributed by atoms with Crippen LogP contribution >= 0.6 is 0 Å². The summed E-state index contributed by atoms with van der Waals surface area (Å²) < 4.78 is 5.72. The van der Waals surface area contributed by atoms with Gasteiger partial charge in [0.15, 0.2) is 0 Å². The zero-order valence-corrected chi connectivity index (χ0v) is 10.4. The minimum absolute atomic E-state index is 0.0109. The first kappa shape index (κ1) is 13.0. The average molecular weight is 186 g/mol. The molecule has 0 fully saturated rings. The van der Waals surface area contributed by atoms with Crippen molar-refractivity contribution in [3.8, 4) is 0 Å². The van der Waals surface area contributed by atoms with Crippen molar-refractivity contribution >= 4 is 0 Å². The molecular formula is C12H26O. The summed E-state index contributed by atoms with van der Waals surface area (Å²) in [6.45, 7) is 13.5. The molecule has 0 spiro atoms. The summed E-state index contributed by atoms with van der Waals surface area (Å²) in [6.07, 6.45) is 2.47. The van der Waals surface area contributed by atoms with Crippen molar-refractivity contribution in [1.82, 2.24) is 0 Å². The number of hydrogen-bond acceptors (Lipinski definition) is 1. The topological polar surface area (TPSA) is 9.23 Å². The minimum atomic E-state index is -0.0109. The maximum atomic E-state index is 5.72. The lowest BCUT2D eigenvalue weighted by Crippen LogP contribution is -2.47. The predicted octanol–water partition coefficient (Wildman–Crippen LogP) is 3.87. The smallest absolute Gasteiger partial charge is 0.0724 e. The van der Waals surface area contributed by atoms with Crippen LogP contribution in [0.25, 0.3) is 0 Å². The van der Waals surface area contributed by atoms with Gasteiger partial charge in [0.25, 0.3) is 0 Å². The summed E-state index contributed by atoms with van der Waals surface area (Å²) in [7, 11) is 1.83. The van der Waals surface area contributed by atoms with Crippen LogP contribution in [0.4, 0.5) is 0 Å². The standard InChI is InChI=1S/C12H26O/c1-8-9-10(2)12(6,13-7)11(3,4)5/h10H,8-9H2,1-7H3. The first-order valence-electron chi connectivity index (χ1n) is 5.34. The van der Waals surface area contributed by atoms with Crippen LogP contribution in [0.1, 0.15) is 54.4 Å². The van der Waals surface area contributed by atoms with Gasteiger partial charge in [0.1, 0.15) is 0 Å². The van der Waals surface area contributed by atoms with Crippen molar-refractivity contribution < 1.29 is 4.74 Å². The van der Waals surface area contributed by atoms with Crippen molar-refractivity contribution in [3.63, 3.8) is 0 Å². The Morgan fingerprint density at radius 1 is 1.15 bits per heavy atom. The third kappa shape index (κ3) is 2.70. The molecule has 0 aromatic heterocycles. The Balaban J connectivity index is 4.62. The van der Waals surface area contributed by atoms with Gasteiger partial charge >= 0.3 is 0 Å². The lowest BCUT2D eigenvalue weighted by Gasteiger charge is -2.45. The Hall–Kier alpha value is -0.0400. The predicted molar refractivity (Wildman–Crippen MR) is 58.9 cm³/mol. The van der Waals surface area contributed by atoms with Gasteiger partial charge in [0.05, 0.1) is 5.60 Å². The molecule has 0 amide bonds. The quantitative estimate of drug-likeness (QED) is 0.647. The van der Waals surface area contributed by atoms with Crippen LogP contribution in [-0.4, -0.2) is 12.7 Å². The number of rotatable bonds is 4. The summed E-state index contributed by atoms with van der Waals surface area (Å²) in [5.41, 5.74) is 0.194. The lowest BCUT2D eigenvalue weighted by atomic mass is 9.69. The van der Waals surface area contributed by atoms with Crippen LogP contribution in [0.3, 0.4) is 0 Å². The third-order valence-corrected chi connectivity index (χ3v) is 3.58. The van der Waals surface area contributed by atoms with E-state index >= 15 is 0 Å². The Labute approximate surface area is 83.9 Å². The molecule has 1 nitrogen and oxygen atoms in total. The molecule has 0 saturated heterocycles. The van der Waals surface area contributed by atoms with Crippen molar-refractivity contribution in [2.24, 2.45) is 11.3 Å². The number of ether oxygens (including phenoxy) is 1. The van der Waals surface area contributed by atoms with Crippen molar-refractivity contribution in [1.29, 1.82) is 0 Å². The normalized spacial score (nSPS) is 19.6. The lowest BCUT2D eigenvalue weighted by molar-refractivity contribution is -0.116. The number of hydrogen-bond donors (Lipinski definition) is 0. The summed E-state index contributed by atoms with van der Waals surface area (Å²) in [5.74, 6) is 0.613. The van der Waals surface area contributed by atoms with Gasteiger partial charge in [-0.15, -0.1) is 0 Å². The van der Waals surface area contributed by atoms with Crippen LogP contribution in [-0.2, 0) is 4.74 Å². The largest absolute Gasteiger partial charge is 0.378 e. The Morgan fingerprint density at radius 3 is 1.85 bits per heavy atom. The van der Waals surface area contributed by atoms with Gasteiger partial charge in [-0.3, -0.25) is 0 Å². The van der Waals surface area contributed by atoms with Gasteiger partial charge in [0, 0.05) is 7.11 Å². The molecule has 0 bridgehead atoms. The first-order valence-corrected chi connectivity index (χ1v) is 5.34. The Bertz CT molecular complexity index is 146. The molecule has 0 heterocycles. The van der Waals surface area contributed by atoms with Crippen LogP contribution in [0.2, 0.25) is 0 Å². The van der Waals surface area contributed by atoms with Crippen LogP contribution in [0, 0.1) is 11.3 Å². The molecule has 2 unspecified atom stereocenters. The summed E-state index contributed by atoms with van der Waals surface area (Å²) in [5, 5.41) is 0. The zero-order chi connectivity index (χ0) is 10.7. The van der Waals surface area contributed by atoms with E-state index in [4.69, 9.17) is 4.74 Å². The highest BCUT2D eigenvalue weighted by molar-refractivity contribution is 4.91. The monoisotopic (exact) mass is 186 g/mol. The molecule has 1 heteroatoms. The summed E-state index contributed by atoms with van der Waals surface area (Å²) in [6, 6.07) is 0. The van der Waals surface area contributed by atoms with E-state index in [1.807, 2.05) is 7.11 Å². The highest BCUT2D eigenvalue weighted by Crippen LogP contribution is 2.40. The van der Waals surface area contributed by atoms with Gasteiger partial charge < -0.3 is 4.74 Å². The SMILES string of the molecule is CCCC(C)C(C)(OC)C(C)(C)C. The highest BCUT2D eigenvalue weighted by atomic mass is 16.5. The molecule has 0 aromatic carbocycles. The van der Waals surface area contributed by atoms with E-state index in [2.05, 4.69) is 41.5 Å². The fourth-order valence-corrected chi connectivity index (χ4v) is 1.96. The third-order valence-electron chi connectivity index (χ3n) is 3.58. The molecule has 0 rings (SSSR count). The number of methoxy groups -OCH3 is 1. The first-order chi connectivity index (χ1) is 5.79. The maximum Gasteiger partial charge on any atom is 0.0724 e. The van der Waals surface area contributed by atoms with E-state index in [1.54, 1.807) is 0 Å². The summed E-state index contributed by atoms with van der Waals surface area (Å²) >= 11 is 0. The van der Waals surface area contributed by atoms with Crippen LogP contribution in [0.15, 0.2) is 0 Å². The Kier molecular flexibility index (Phi) is 4.44. The second kappa shape index (κ2) is 4.45. The zero-order valence-electron chi connectivity index (χ0n) is 10.4. The fourth-order valence-electron chi connectivity index (χ4n) is 1.96. The molecule has 0 saturated carbocycles. The molecule has 2 atom stereocenters. The van der Waals surface area contributed by atoms with E-state index in [0.29, 0.717) is 5.92 Å². The molecule has 0 aliphatic heterocycles. The molecule has 0 aliphatic carbocycles. The van der Waals surface area contributed by atoms with Gasteiger partial charge in [-0.25, -0.2) is 0 Å². The van der Waals surface area contributed by atoms with E-state index in [-0.39, 0.29) is 11.0 Å². The van der Waals surface area contributed by atoms with Gasteiger partial charge in [-0.2, -0.15) is 0 Å². The second-order valence-corrected chi connectivity index (χ2v) is 5.25. The Morgan fingerprint density at radius 2 is 1.62 bits per heavy atom. The molecule has 13 heavy (non-hydrogen) atoms. The van der Waals surface area contributed by atoms with E-state index < -0.39 is 0 Å². The van der Waals surface area contributed by atoms with Gasteiger partial charge in [-0.05, 0) is 24.7 Å². The molecular weight excluding hydrogens is 160 g/mol. The van der Waals surface area contributed by atoms with Crippen molar-refractivity contribution in [3.05, 3.63) is 0 Å². The fraction of sp³-hybridized carbons (Fsp3) is 1.00. The molecule has 80 valence electrons. The average Bonchev–Trinajstić information content (AvgIpc) is 2.01.